The topological polar surface area (TPSA) is 41.6 Å². The van der Waals surface area contributed by atoms with E-state index < -0.39 is 0 Å². The van der Waals surface area contributed by atoms with Crippen LogP contribution < -0.4 is 10.2 Å². The molecule has 0 heterocycles. The molecule has 88 valence electrons. The summed E-state index contributed by atoms with van der Waals surface area (Å²) in [5.74, 6) is -0.237. The number of hydrogen-bond acceptors (Lipinski definition) is 4. The Balaban J connectivity index is 2.46. The van der Waals surface area contributed by atoms with Crippen molar-refractivity contribution in [3.8, 4) is 0 Å². The smallest absolute Gasteiger partial charge is 0.320 e. The number of anilines is 1. The van der Waals surface area contributed by atoms with Crippen molar-refractivity contribution in [1.29, 1.82) is 0 Å². The van der Waals surface area contributed by atoms with Crippen molar-refractivity contribution in [2.75, 3.05) is 32.6 Å². The highest BCUT2D eigenvalue weighted by Gasteiger charge is 2.01. The summed E-state index contributed by atoms with van der Waals surface area (Å²) in [6.45, 7) is 0.573. The molecule has 0 saturated heterocycles. The molecule has 0 aliphatic rings. The van der Waals surface area contributed by atoms with Crippen LogP contribution in [0.5, 0.6) is 0 Å². The van der Waals surface area contributed by atoms with Gasteiger partial charge < -0.3 is 15.0 Å². The molecule has 0 bridgehead atoms. The lowest BCUT2D eigenvalue weighted by molar-refractivity contribution is -0.143. The summed E-state index contributed by atoms with van der Waals surface area (Å²) < 4.78 is 5.05. The van der Waals surface area contributed by atoms with Crippen molar-refractivity contribution in [2.24, 2.45) is 0 Å². The molecule has 0 unspecified atom stereocenters. The van der Waals surface area contributed by atoms with Gasteiger partial charge in [0.05, 0.1) is 6.54 Å². The predicted molar refractivity (Wildman–Crippen MR) is 64.5 cm³/mol. The minimum Gasteiger partial charge on any atom is -0.460 e. The first-order valence-corrected chi connectivity index (χ1v) is 5.20. The third kappa shape index (κ3) is 3.90. The van der Waals surface area contributed by atoms with Gasteiger partial charge in [-0.2, -0.15) is 0 Å². The van der Waals surface area contributed by atoms with E-state index in [-0.39, 0.29) is 12.5 Å². The van der Waals surface area contributed by atoms with E-state index in [1.165, 1.54) is 0 Å². The lowest BCUT2D eigenvalue weighted by atomic mass is 10.2. The third-order valence-electron chi connectivity index (χ3n) is 2.17. The summed E-state index contributed by atoms with van der Waals surface area (Å²) in [5, 5.41) is 2.75. The first kappa shape index (κ1) is 12.5. The zero-order valence-corrected chi connectivity index (χ0v) is 9.99. The van der Waals surface area contributed by atoms with Crippen LogP contribution >= 0.6 is 0 Å². The highest BCUT2D eigenvalue weighted by molar-refractivity contribution is 5.71. The van der Waals surface area contributed by atoms with Crippen molar-refractivity contribution >= 4 is 11.7 Å². The Labute approximate surface area is 96.2 Å². The molecule has 0 aromatic heterocycles. The molecular formula is C12H18N2O2. The minimum absolute atomic E-state index is 0.237. The zero-order chi connectivity index (χ0) is 12.0. The van der Waals surface area contributed by atoms with E-state index in [9.17, 15) is 4.79 Å². The van der Waals surface area contributed by atoms with Gasteiger partial charge in [0.15, 0.2) is 0 Å². The molecular weight excluding hydrogens is 204 g/mol. The Morgan fingerprint density at radius 2 is 1.94 bits per heavy atom. The second-order valence-electron chi connectivity index (χ2n) is 3.75. The van der Waals surface area contributed by atoms with Gasteiger partial charge in [-0.15, -0.1) is 0 Å². The lowest BCUT2D eigenvalue weighted by Crippen LogP contribution is -2.20. The fourth-order valence-electron chi connectivity index (χ4n) is 1.25. The predicted octanol–water partition coefficient (Wildman–Crippen LogP) is 1.02. The molecule has 4 nitrogen and oxygen atoms in total. The van der Waals surface area contributed by atoms with Gasteiger partial charge in [0, 0.05) is 19.8 Å². The molecule has 0 saturated carbocycles. The van der Waals surface area contributed by atoms with Gasteiger partial charge in [-0.25, -0.2) is 0 Å². The number of nitrogens with one attached hydrogen (secondary N) is 1. The van der Waals surface area contributed by atoms with Crippen LogP contribution in [0.25, 0.3) is 0 Å². The summed E-state index contributed by atoms with van der Waals surface area (Å²) in [7, 11) is 5.69. The van der Waals surface area contributed by atoms with E-state index in [0.29, 0.717) is 6.61 Å². The number of benzene rings is 1. The minimum atomic E-state index is -0.237. The van der Waals surface area contributed by atoms with E-state index in [2.05, 4.69) is 5.32 Å². The van der Waals surface area contributed by atoms with Crippen LogP contribution in [-0.2, 0) is 16.1 Å². The monoisotopic (exact) mass is 222 g/mol. The average Bonchev–Trinajstić information content (AvgIpc) is 2.27. The van der Waals surface area contributed by atoms with Crippen molar-refractivity contribution in [1.82, 2.24) is 5.32 Å². The van der Waals surface area contributed by atoms with Crippen molar-refractivity contribution in [3.63, 3.8) is 0 Å². The molecule has 1 aromatic carbocycles. The molecule has 4 heteroatoms. The lowest BCUT2D eigenvalue weighted by Gasteiger charge is -2.12. The summed E-state index contributed by atoms with van der Waals surface area (Å²) >= 11 is 0. The summed E-state index contributed by atoms with van der Waals surface area (Å²) in [6, 6.07) is 7.92. The maximum Gasteiger partial charge on any atom is 0.320 e. The van der Waals surface area contributed by atoms with Gasteiger partial charge in [0.2, 0.25) is 0 Å². The average molecular weight is 222 g/mol. The largest absolute Gasteiger partial charge is 0.460 e. The SMILES string of the molecule is CNCC(=O)OCc1ccc(N(C)C)cc1. The van der Waals surface area contributed by atoms with E-state index >= 15 is 0 Å². The maximum absolute atomic E-state index is 11.1. The number of ether oxygens (including phenoxy) is 1. The van der Waals surface area contributed by atoms with Gasteiger partial charge in [0.25, 0.3) is 0 Å². The standard InChI is InChI=1S/C12H18N2O2/c1-13-8-12(15)16-9-10-4-6-11(7-5-10)14(2)3/h4-7,13H,8-9H2,1-3H3. The number of carbonyl (C=O) groups is 1. The fourth-order valence-corrected chi connectivity index (χ4v) is 1.25. The van der Waals surface area contributed by atoms with Gasteiger partial charge in [-0.05, 0) is 24.7 Å². The van der Waals surface area contributed by atoms with Crippen LogP contribution in [0.1, 0.15) is 5.56 Å². The van der Waals surface area contributed by atoms with Gasteiger partial charge in [-0.3, -0.25) is 4.79 Å². The number of esters is 1. The quantitative estimate of drug-likeness (QED) is 0.755. The van der Waals surface area contributed by atoms with Crippen LogP contribution in [0.4, 0.5) is 5.69 Å². The Morgan fingerprint density at radius 3 is 2.44 bits per heavy atom. The Morgan fingerprint density at radius 1 is 1.31 bits per heavy atom. The van der Waals surface area contributed by atoms with Gasteiger partial charge in [-0.1, -0.05) is 12.1 Å². The summed E-state index contributed by atoms with van der Waals surface area (Å²) in [5.41, 5.74) is 2.13. The number of likely N-dealkylation sites (N-methyl/N-ethyl adjacent to an activating group) is 1. The van der Waals surface area contributed by atoms with Crippen LogP contribution in [0, 0.1) is 0 Å². The molecule has 1 rings (SSSR count). The highest BCUT2D eigenvalue weighted by atomic mass is 16.5. The van der Waals surface area contributed by atoms with Crippen molar-refractivity contribution in [3.05, 3.63) is 29.8 Å². The second-order valence-corrected chi connectivity index (χ2v) is 3.75. The van der Waals surface area contributed by atoms with Crippen LogP contribution in [0.15, 0.2) is 24.3 Å². The van der Waals surface area contributed by atoms with E-state index in [1.54, 1.807) is 7.05 Å². The molecule has 0 amide bonds. The Bertz CT molecular complexity index is 333. The third-order valence-corrected chi connectivity index (χ3v) is 2.17. The first-order chi connectivity index (χ1) is 7.63. The maximum atomic E-state index is 11.1. The number of nitrogens with zero attached hydrogens (tertiary/aromatic N) is 1. The summed E-state index contributed by atoms with van der Waals surface area (Å²) in [6.07, 6.45) is 0. The Kier molecular flexibility index (Phi) is 4.79. The first-order valence-electron chi connectivity index (χ1n) is 5.20. The van der Waals surface area contributed by atoms with Crippen LogP contribution in [-0.4, -0.2) is 33.7 Å². The molecule has 0 radical (unpaired) electrons. The molecule has 0 fully saturated rings. The van der Waals surface area contributed by atoms with Crippen molar-refractivity contribution in [2.45, 2.75) is 6.61 Å². The van der Waals surface area contributed by atoms with Gasteiger partial charge >= 0.3 is 5.97 Å². The number of rotatable bonds is 5. The van der Waals surface area contributed by atoms with E-state index in [1.807, 2.05) is 43.3 Å². The molecule has 1 N–H and O–H groups in total. The van der Waals surface area contributed by atoms with Crippen LogP contribution in [0.3, 0.4) is 0 Å². The molecule has 16 heavy (non-hydrogen) atoms. The highest BCUT2D eigenvalue weighted by Crippen LogP contribution is 2.12. The zero-order valence-electron chi connectivity index (χ0n) is 9.99. The summed E-state index contributed by atoms with van der Waals surface area (Å²) in [4.78, 5) is 13.1. The molecule has 0 aliphatic heterocycles. The number of hydrogen-bond donors (Lipinski definition) is 1. The van der Waals surface area contributed by atoms with Crippen molar-refractivity contribution < 1.29 is 9.53 Å². The molecule has 0 atom stereocenters. The van der Waals surface area contributed by atoms with E-state index in [4.69, 9.17) is 4.74 Å². The fraction of sp³-hybridized carbons (Fsp3) is 0.417. The Hall–Kier alpha value is -1.55. The molecule has 1 aromatic rings. The second kappa shape index (κ2) is 6.12. The van der Waals surface area contributed by atoms with Crippen LogP contribution in [0.2, 0.25) is 0 Å². The molecule has 0 aliphatic carbocycles. The van der Waals surface area contributed by atoms with Gasteiger partial charge in [0.1, 0.15) is 6.61 Å². The van der Waals surface area contributed by atoms with E-state index in [0.717, 1.165) is 11.3 Å². The molecule has 0 spiro atoms. The normalized spacial score (nSPS) is 9.94. The number of carbonyl (C=O) groups excluding carboxylic acids is 1.